The topological polar surface area (TPSA) is 26.3 Å². The summed E-state index contributed by atoms with van der Waals surface area (Å²) in [5.41, 5.74) is 2.34. The lowest BCUT2D eigenvalue weighted by Gasteiger charge is -2.15. The number of ketones is 1. The maximum atomic E-state index is 12.7. The molecule has 102 valence electrons. The van der Waals surface area contributed by atoms with Crippen molar-refractivity contribution in [3.05, 3.63) is 63.6 Å². The van der Waals surface area contributed by atoms with Crippen LogP contribution in [0.25, 0.3) is 0 Å². The molecule has 0 atom stereocenters. The minimum Gasteiger partial charge on any atom is -0.492 e. The van der Waals surface area contributed by atoms with Gasteiger partial charge in [0.2, 0.25) is 0 Å². The van der Waals surface area contributed by atoms with E-state index in [0.29, 0.717) is 17.7 Å². The molecule has 0 fully saturated rings. The van der Waals surface area contributed by atoms with Crippen LogP contribution in [-0.4, -0.2) is 12.4 Å². The molecule has 0 aromatic heterocycles. The number of halogens is 1. The highest BCUT2D eigenvalue weighted by atomic mass is 79.9. The summed E-state index contributed by atoms with van der Waals surface area (Å²) >= 11 is 3.50. The highest BCUT2D eigenvalue weighted by molar-refractivity contribution is 9.10. The summed E-state index contributed by atoms with van der Waals surface area (Å²) in [6.07, 6.45) is 0. The minimum atomic E-state index is -0.0647. The van der Waals surface area contributed by atoms with E-state index in [1.807, 2.05) is 42.5 Å². The summed E-state index contributed by atoms with van der Waals surface area (Å²) in [7, 11) is 0. The third-order valence-electron chi connectivity index (χ3n) is 3.64. The molecular weight excluding hydrogens is 316 g/mol. The minimum absolute atomic E-state index is 0.000787. The Balaban J connectivity index is 2.15. The first-order chi connectivity index (χ1) is 9.49. The van der Waals surface area contributed by atoms with Crippen LogP contribution < -0.4 is 4.74 Å². The average molecular weight is 331 g/mol. The number of fused-ring (bicyclic) bond motifs is 1. The van der Waals surface area contributed by atoms with Gasteiger partial charge in [0.15, 0.2) is 5.78 Å². The van der Waals surface area contributed by atoms with Gasteiger partial charge in [0.1, 0.15) is 5.75 Å². The molecule has 0 amide bonds. The van der Waals surface area contributed by atoms with Gasteiger partial charge in [-0.15, -0.1) is 0 Å². The highest BCUT2D eigenvalue weighted by Gasteiger charge is 2.35. The molecule has 20 heavy (non-hydrogen) atoms. The van der Waals surface area contributed by atoms with Gasteiger partial charge in [0, 0.05) is 21.0 Å². The summed E-state index contributed by atoms with van der Waals surface area (Å²) in [5.74, 6) is 0.730. The Bertz CT molecular complexity index is 675. The normalized spacial score (nSPS) is 15.6. The van der Waals surface area contributed by atoms with Crippen molar-refractivity contribution < 1.29 is 9.53 Å². The lowest BCUT2D eigenvalue weighted by molar-refractivity contribution is 0.103. The molecule has 1 aliphatic rings. The molecule has 0 spiro atoms. The number of ether oxygens (including phenoxy) is 1. The molecule has 2 aromatic carbocycles. The largest absolute Gasteiger partial charge is 0.492 e. The molecular formula is C17H15BrO2. The molecule has 3 heteroatoms. The fourth-order valence-corrected chi connectivity index (χ4v) is 2.95. The van der Waals surface area contributed by atoms with Gasteiger partial charge in [-0.1, -0.05) is 60.1 Å². The SMILES string of the molecule is CC1(C)COc2c(C(=O)c3ccccc3)cc(Br)cc21. The van der Waals surface area contributed by atoms with E-state index in [2.05, 4.69) is 29.8 Å². The van der Waals surface area contributed by atoms with Gasteiger partial charge in [0.25, 0.3) is 0 Å². The number of carbonyl (C=O) groups is 1. The number of carbonyl (C=O) groups excluding carboxylic acids is 1. The lowest BCUT2D eigenvalue weighted by Crippen LogP contribution is -2.18. The second-order valence-corrected chi connectivity index (χ2v) is 6.61. The molecule has 3 rings (SSSR count). The Morgan fingerprint density at radius 2 is 1.90 bits per heavy atom. The molecule has 0 saturated carbocycles. The number of hydrogen-bond acceptors (Lipinski definition) is 2. The molecule has 0 saturated heterocycles. The molecule has 2 nitrogen and oxygen atoms in total. The molecule has 1 aliphatic heterocycles. The number of benzene rings is 2. The van der Waals surface area contributed by atoms with E-state index in [0.717, 1.165) is 15.8 Å². The van der Waals surface area contributed by atoms with E-state index in [-0.39, 0.29) is 11.2 Å². The van der Waals surface area contributed by atoms with Crippen LogP contribution in [-0.2, 0) is 5.41 Å². The first kappa shape index (κ1) is 13.4. The van der Waals surface area contributed by atoms with Crippen LogP contribution >= 0.6 is 15.9 Å². The molecule has 0 radical (unpaired) electrons. The van der Waals surface area contributed by atoms with Gasteiger partial charge < -0.3 is 4.74 Å². The van der Waals surface area contributed by atoms with E-state index < -0.39 is 0 Å². The van der Waals surface area contributed by atoms with E-state index in [9.17, 15) is 4.79 Å². The molecule has 2 aromatic rings. The van der Waals surface area contributed by atoms with Crippen molar-refractivity contribution in [2.75, 3.05) is 6.61 Å². The Labute approximate surface area is 126 Å². The van der Waals surface area contributed by atoms with Gasteiger partial charge in [-0.05, 0) is 12.1 Å². The number of rotatable bonds is 2. The van der Waals surface area contributed by atoms with Gasteiger partial charge in [-0.2, -0.15) is 0 Å². The third-order valence-corrected chi connectivity index (χ3v) is 4.10. The fraction of sp³-hybridized carbons (Fsp3) is 0.235. The Morgan fingerprint density at radius 1 is 1.20 bits per heavy atom. The molecule has 0 aliphatic carbocycles. The van der Waals surface area contributed by atoms with Crippen LogP contribution in [0.15, 0.2) is 46.9 Å². The van der Waals surface area contributed by atoms with Crippen molar-refractivity contribution in [3.8, 4) is 5.75 Å². The van der Waals surface area contributed by atoms with E-state index >= 15 is 0 Å². The summed E-state index contributed by atoms with van der Waals surface area (Å²) in [6.45, 7) is 4.86. The molecule has 0 N–H and O–H groups in total. The van der Waals surface area contributed by atoms with Crippen molar-refractivity contribution in [3.63, 3.8) is 0 Å². The van der Waals surface area contributed by atoms with Crippen LogP contribution in [0.3, 0.4) is 0 Å². The molecule has 0 bridgehead atoms. The first-order valence-electron chi connectivity index (χ1n) is 6.55. The van der Waals surface area contributed by atoms with Crippen LogP contribution in [0.4, 0.5) is 0 Å². The Hall–Kier alpha value is -1.61. The smallest absolute Gasteiger partial charge is 0.196 e. The predicted molar refractivity (Wildman–Crippen MR) is 82.5 cm³/mol. The Morgan fingerprint density at radius 3 is 2.60 bits per heavy atom. The summed E-state index contributed by atoms with van der Waals surface area (Å²) in [4.78, 5) is 12.7. The van der Waals surface area contributed by atoms with Crippen LogP contribution in [0, 0.1) is 0 Å². The summed E-state index contributed by atoms with van der Waals surface area (Å²) in [6, 6.07) is 13.2. The van der Waals surface area contributed by atoms with Gasteiger partial charge >= 0.3 is 0 Å². The van der Waals surface area contributed by atoms with Crippen molar-refractivity contribution in [2.24, 2.45) is 0 Å². The van der Waals surface area contributed by atoms with E-state index in [1.165, 1.54) is 0 Å². The van der Waals surface area contributed by atoms with Crippen molar-refractivity contribution in [1.82, 2.24) is 0 Å². The van der Waals surface area contributed by atoms with Gasteiger partial charge in [-0.3, -0.25) is 4.79 Å². The van der Waals surface area contributed by atoms with E-state index in [4.69, 9.17) is 4.74 Å². The molecule has 0 unspecified atom stereocenters. The quantitative estimate of drug-likeness (QED) is 0.765. The first-order valence-corrected chi connectivity index (χ1v) is 7.35. The lowest BCUT2D eigenvalue weighted by atomic mass is 9.85. The Kier molecular flexibility index (Phi) is 3.17. The predicted octanol–water partition coefficient (Wildman–Crippen LogP) is 4.35. The molecule has 1 heterocycles. The zero-order chi connectivity index (χ0) is 14.3. The fourth-order valence-electron chi connectivity index (χ4n) is 2.50. The standard InChI is InChI=1S/C17H15BrO2/c1-17(2)10-20-16-13(8-12(18)9-14(16)17)15(19)11-6-4-3-5-7-11/h3-9H,10H2,1-2H3. The van der Waals surface area contributed by atoms with Gasteiger partial charge in [0.05, 0.1) is 12.2 Å². The highest BCUT2D eigenvalue weighted by Crippen LogP contribution is 2.43. The zero-order valence-electron chi connectivity index (χ0n) is 11.4. The van der Waals surface area contributed by atoms with Crippen molar-refractivity contribution >= 4 is 21.7 Å². The summed E-state index contributed by atoms with van der Waals surface area (Å²) < 4.78 is 6.71. The van der Waals surface area contributed by atoms with Crippen LogP contribution in [0.1, 0.15) is 35.3 Å². The monoisotopic (exact) mass is 330 g/mol. The van der Waals surface area contributed by atoms with Gasteiger partial charge in [-0.25, -0.2) is 0 Å². The van der Waals surface area contributed by atoms with Crippen molar-refractivity contribution in [2.45, 2.75) is 19.3 Å². The summed E-state index contributed by atoms with van der Waals surface area (Å²) in [5, 5.41) is 0. The third kappa shape index (κ3) is 2.16. The second kappa shape index (κ2) is 4.74. The maximum absolute atomic E-state index is 12.7. The maximum Gasteiger partial charge on any atom is 0.196 e. The average Bonchev–Trinajstić information content (AvgIpc) is 2.74. The van der Waals surface area contributed by atoms with Crippen LogP contribution in [0.2, 0.25) is 0 Å². The zero-order valence-corrected chi connectivity index (χ0v) is 13.0. The number of hydrogen-bond donors (Lipinski definition) is 0. The van der Waals surface area contributed by atoms with Crippen molar-refractivity contribution in [1.29, 1.82) is 0 Å². The second-order valence-electron chi connectivity index (χ2n) is 5.70. The van der Waals surface area contributed by atoms with Crippen LogP contribution in [0.5, 0.6) is 5.75 Å². The van der Waals surface area contributed by atoms with E-state index in [1.54, 1.807) is 0 Å².